The number of hydrogen-bond acceptors (Lipinski definition) is 4. The summed E-state index contributed by atoms with van der Waals surface area (Å²) in [5.74, 6) is -0.588. The first-order chi connectivity index (χ1) is 12.9. The Labute approximate surface area is 157 Å². The predicted octanol–water partition coefficient (Wildman–Crippen LogP) is 3.70. The van der Waals surface area contributed by atoms with Crippen LogP contribution in [0, 0.1) is 24.0 Å². The lowest BCUT2D eigenvalue weighted by Crippen LogP contribution is -2.29. The lowest BCUT2D eigenvalue weighted by atomic mass is 10.0. The number of nitrogens with zero attached hydrogens (tertiary/aromatic N) is 2. The molecule has 0 unspecified atom stereocenters. The molecule has 7 nitrogen and oxygen atoms in total. The van der Waals surface area contributed by atoms with Crippen LogP contribution in [0.4, 0.5) is 11.4 Å². The summed E-state index contributed by atoms with van der Waals surface area (Å²) in [6.07, 6.45) is 1.96. The number of nitrogens with one attached hydrogen (secondary N) is 1. The number of likely N-dealkylation sites (tertiary alicyclic amines) is 1. The molecule has 27 heavy (non-hydrogen) atoms. The van der Waals surface area contributed by atoms with Crippen LogP contribution in [0.1, 0.15) is 44.7 Å². The van der Waals surface area contributed by atoms with Crippen molar-refractivity contribution in [3.8, 4) is 0 Å². The average Bonchev–Trinajstić information content (AvgIpc) is 3.16. The van der Waals surface area contributed by atoms with Gasteiger partial charge in [-0.25, -0.2) is 0 Å². The number of carbonyl (C=O) groups excluding carboxylic acids is 2. The lowest BCUT2D eigenvalue weighted by Gasteiger charge is -2.19. The standard InChI is InChI=1S/C20H21N3O4/c1-13-8-9-15(12-17(13)23(26)27)19(24)21-16-7-5-6-14(2)18(16)20(25)22-10-3-4-11-22/h5-9,12H,3-4,10-11H2,1-2H3,(H,21,24). The Balaban J connectivity index is 1.91. The van der Waals surface area contributed by atoms with Gasteiger partial charge in [-0.05, 0) is 44.4 Å². The van der Waals surface area contributed by atoms with E-state index in [-0.39, 0.29) is 17.2 Å². The Morgan fingerprint density at radius 1 is 1.07 bits per heavy atom. The second kappa shape index (κ2) is 7.57. The van der Waals surface area contributed by atoms with Crippen molar-refractivity contribution >= 4 is 23.2 Å². The third-order valence-corrected chi connectivity index (χ3v) is 4.80. The summed E-state index contributed by atoms with van der Waals surface area (Å²) in [5.41, 5.74) is 2.21. The highest BCUT2D eigenvalue weighted by molar-refractivity contribution is 6.09. The van der Waals surface area contributed by atoms with Gasteiger partial charge in [-0.3, -0.25) is 19.7 Å². The summed E-state index contributed by atoms with van der Waals surface area (Å²) in [5, 5.41) is 13.9. The second-order valence-corrected chi connectivity index (χ2v) is 6.71. The lowest BCUT2D eigenvalue weighted by molar-refractivity contribution is -0.385. The largest absolute Gasteiger partial charge is 0.339 e. The van der Waals surface area contributed by atoms with Crippen molar-refractivity contribution in [2.45, 2.75) is 26.7 Å². The second-order valence-electron chi connectivity index (χ2n) is 6.71. The van der Waals surface area contributed by atoms with Crippen LogP contribution in [0.2, 0.25) is 0 Å². The molecule has 7 heteroatoms. The van der Waals surface area contributed by atoms with Crippen LogP contribution in [0.15, 0.2) is 36.4 Å². The fraction of sp³-hybridized carbons (Fsp3) is 0.300. The number of nitro benzene ring substituents is 1. The zero-order valence-electron chi connectivity index (χ0n) is 15.3. The highest BCUT2D eigenvalue weighted by atomic mass is 16.6. The quantitative estimate of drug-likeness (QED) is 0.659. The zero-order chi connectivity index (χ0) is 19.6. The third kappa shape index (κ3) is 3.81. The van der Waals surface area contributed by atoms with Crippen LogP contribution in [0.25, 0.3) is 0 Å². The summed E-state index contributed by atoms with van der Waals surface area (Å²) in [6, 6.07) is 9.60. The Morgan fingerprint density at radius 3 is 2.44 bits per heavy atom. The van der Waals surface area contributed by atoms with E-state index in [1.165, 1.54) is 12.1 Å². The van der Waals surface area contributed by atoms with E-state index in [0.29, 0.717) is 29.9 Å². The van der Waals surface area contributed by atoms with Gasteiger partial charge in [0.2, 0.25) is 0 Å². The predicted molar refractivity (Wildman–Crippen MR) is 102 cm³/mol. The molecule has 2 amide bonds. The molecule has 1 aliphatic rings. The maximum Gasteiger partial charge on any atom is 0.273 e. The van der Waals surface area contributed by atoms with Crippen molar-refractivity contribution in [3.05, 3.63) is 68.8 Å². The monoisotopic (exact) mass is 367 g/mol. The molecule has 1 aliphatic heterocycles. The first-order valence-corrected chi connectivity index (χ1v) is 8.84. The van der Waals surface area contributed by atoms with E-state index in [9.17, 15) is 19.7 Å². The highest BCUT2D eigenvalue weighted by Gasteiger charge is 2.24. The summed E-state index contributed by atoms with van der Waals surface area (Å²) < 4.78 is 0. The van der Waals surface area contributed by atoms with Gasteiger partial charge in [0.1, 0.15) is 0 Å². The molecular weight excluding hydrogens is 346 g/mol. The minimum Gasteiger partial charge on any atom is -0.339 e. The van der Waals surface area contributed by atoms with Crippen molar-refractivity contribution in [3.63, 3.8) is 0 Å². The van der Waals surface area contributed by atoms with Gasteiger partial charge >= 0.3 is 0 Å². The number of hydrogen-bond donors (Lipinski definition) is 1. The van der Waals surface area contributed by atoms with E-state index >= 15 is 0 Å². The summed E-state index contributed by atoms with van der Waals surface area (Å²) >= 11 is 0. The van der Waals surface area contributed by atoms with Gasteiger partial charge in [0.15, 0.2) is 0 Å². The van der Waals surface area contributed by atoms with E-state index < -0.39 is 10.8 Å². The molecular formula is C20H21N3O4. The SMILES string of the molecule is Cc1ccc(C(=O)Nc2cccc(C)c2C(=O)N2CCCC2)cc1[N+](=O)[O-]. The van der Waals surface area contributed by atoms with Gasteiger partial charge in [0.05, 0.1) is 16.2 Å². The molecule has 3 rings (SSSR count). The fourth-order valence-electron chi connectivity index (χ4n) is 3.28. The van der Waals surface area contributed by atoms with Crippen LogP contribution in [-0.4, -0.2) is 34.7 Å². The average molecular weight is 367 g/mol. The Bertz CT molecular complexity index is 917. The van der Waals surface area contributed by atoms with Crippen molar-refractivity contribution in [2.24, 2.45) is 0 Å². The van der Waals surface area contributed by atoms with E-state index in [0.717, 1.165) is 18.4 Å². The van der Waals surface area contributed by atoms with Gasteiger partial charge in [-0.1, -0.05) is 18.2 Å². The number of anilines is 1. The topological polar surface area (TPSA) is 92.6 Å². The van der Waals surface area contributed by atoms with E-state index in [1.54, 1.807) is 30.0 Å². The minimum absolute atomic E-state index is 0.101. The number of rotatable bonds is 4. The molecule has 0 aliphatic carbocycles. The van der Waals surface area contributed by atoms with Crippen molar-refractivity contribution in [2.75, 3.05) is 18.4 Å². The molecule has 0 radical (unpaired) electrons. The molecule has 0 saturated carbocycles. The van der Waals surface area contributed by atoms with Gasteiger partial charge in [0.25, 0.3) is 17.5 Å². The maximum atomic E-state index is 12.9. The summed E-state index contributed by atoms with van der Waals surface area (Å²) in [7, 11) is 0. The third-order valence-electron chi connectivity index (χ3n) is 4.80. The molecule has 0 bridgehead atoms. The molecule has 0 aromatic heterocycles. The summed E-state index contributed by atoms with van der Waals surface area (Å²) in [4.78, 5) is 37.9. The van der Waals surface area contributed by atoms with Gasteiger partial charge in [-0.2, -0.15) is 0 Å². The zero-order valence-corrected chi connectivity index (χ0v) is 15.3. The minimum atomic E-state index is -0.513. The molecule has 1 fully saturated rings. The Kier molecular flexibility index (Phi) is 5.21. The number of benzene rings is 2. The fourth-order valence-corrected chi connectivity index (χ4v) is 3.28. The maximum absolute atomic E-state index is 12.9. The summed E-state index contributed by atoms with van der Waals surface area (Å²) in [6.45, 7) is 4.87. The molecule has 1 heterocycles. The van der Waals surface area contributed by atoms with Crippen LogP contribution in [0.5, 0.6) is 0 Å². The van der Waals surface area contributed by atoms with Gasteiger partial charge < -0.3 is 10.2 Å². The van der Waals surface area contributed by atoms with Crippen molar-refractivity contribution in [1.29, 1.82) is 0 Å². The van der Waals surface area contributed by atoms with Crippen LogP contribution >= 0.6 is 0 Å². The Morgan fingerprint density at radius 2 is 1.78 bits per heavy atom. The van der Waals surface area contributed by atoms with E-state index in [4.69, 9.17) is 0 Å². The Hall–Kier alpha value is -3.22. The highest BCUT2D eigenvalue weighted by Crippen LogP contribution is 2.25. The number of nitro groups is 1. The van der Waals surface area contributed by atoms with Gasteiger partial charge in [-0.15, -0.1) is 0 Å². The molecule has 0 atom stereocenters. The van der Waals surface area contributed by atoms with Crippen LogP contribution in [-0.2, 0) is 0 Å². The first kappa shape index (κ1) is 18.6. The van der Waals surface area contributed by atoms with Crippen molar-refractivity contribution in [1.82, 2.24) is 4.90 Å². The smallest absolute Gasteiger partial charge is 0.273 e. The number of aryl methyl sites for hydroxylation is 2. The number of amides is 2. The molecule has 140 valence electrons. The first-order valence-electron chi connectivity index (χ1n) is 8.84. The molecule has 0 spiro atoms. The van der Waals surface area contributed by atoms with Gasteiger partial charge in [0, 0.05) is 30.3 Å². The number of carbonyl (C=O) groups is 2. The van der Waals surface area contributed by atoms with E-state index in [1.807, 2.05) is 13.0 Å². The molecule has 2 aromatic carbocycles. The molecule has 1 N–H and O–H groups in total. The van der Waals surface area contributed by atoms with Crippen LogP contribution in [0.3, 0.4) is 0 Å². The molecule has 1 saturated heterocycles. The normalized spacial score (nSPS) is 13.5. The van der Waals surface area contributed by atoms with E-state index in [2.05, 4.69) is 5.32 Å². The van der Waals surface area contributed by atoms with Crippen molar-refractivity contribution < 1.29 is 14.5 Å². The van der Waals surface area contributed by atoms with Crippen LogP contribution < -0.4 is 5.32 Å². The molecule has 2 aromatic rings.